The average molecular weight is 316 g/mol. The van der Waals surface area contributed by atoms with Crippen molar-refractivity contribution in [3.63, 3.8) is 0 Å². The van der Waals surface area contributed by atoms with Crippen LogP contribution in [0.1, 0.15) is 11.7 Å². The predicted octanol–water partition coefficient (Wildman–Crippen LogP) is 2.22. The van der Waals surface area contributed by atoms with Crippen molar-refractivity contribution >= 4 is 22.5 Å². The van der Waals surface area contributed by atoms with Crippen molar-refractivity contribution < 1.29 is 9.32 Å². The molecule has 2 heterocycles. The van der Waals surface area contributed by atoms with Gasteiger partial charge in [-0.3, -0.25) is 5.32 Å². The van der Waals surface area contributed by atoms with E-state index in [2.05, 4.69) is 31.0 Å². The largest absolute Gasteiger partial charge is 0.340 e. The van der Waals surface area contributed by atoms with Crippen LogP contribution >= 0.6 is 11.3 Å². The van der Waals surface area contributed by atoms with Gasteiger partial charge < -0.3 is 9.84 Å². The minimum atomic E-state index is -0.404. The number of anilines is 1. The molecule has 0 aliphatic heterocycles. The number of carbonyl (C=O) groups is 1. The molecule has 0 bridgehead atoms. The van der Waals surface area contributed by atoms with Crippen LogP contribution in [0.25, 0.3) is 10.6 Å². The van der Waals surface area contributed by atoms with Crippen molar-refractivity contribution in [2.24, 2.45) is 0 Å². The van der Waals surface area contributed by atoms with Crippen LogP contribution in [0, 0.1) is 6.92 Å². The van der Waals surface area contributed by atoms with Crippen LogP contribution in [-0.4, -0.2) is 26.4 Å². The maximum absolute atomic E-state index is 11.8. The van der Waals surface area contributed by atoms with Gasteiger partial charge in [-0.05, 0) is 0 Å². The number of hydrogen-bond donors (Lipinski definition) is 2. The molecule has 2 amide bonds. The second-order valence-electron chi connectivity index (χ2n) is 4.32. The number of benzene rings is 1. The van der Waals surface area contributed by atoms with Crippen molar-refractivity contribution in [2.45, 2.75) is 13.5 Å². The summed E-state index contributed by atoms with van der Waals surface area (Å²) in [5.74, 6) is 0.865. The summed E-state index contributed by atoms with van der Waals surface area (Å²) < 4.78 is 4.81. The monoisotopic (exact) mass is 316 g/mol. The van der Waals surface area contributed by atoms with Gasteiger partial charge in [0.15, 0.2) is 5.82 Å². The summed E-state index contributed by atoms with van der Waals surface area (Å²) in [4.78, 5) is 15.8. The fourth-order valence-electron chi connectivity index (χ4n) is 1.68. The minimum Gasteiger partial charge on any atom is -0.340 e. The Morgan fingerprint density at radius 2 is 2.09 bits per heavy atom. The smallest absolute Gasteiger partial charge is 0.321 e. The molecule has 2 aromatic heterocycles. The Balaban J connectivity index is 1.57. The molecule has 0 unspecified atom stereocenters. The zero-order valence-electron chi connectivity index (χ0n) is 11.6. The Morgan fingerprint density at radius 1 is 1.27 bits per heavy atom. The Kier molecular flexibility index (Phi) is 4.05. The normalized spacial score (nSPS) is 10.4. The van der Waals surface area contributed by atoms with Crippen LogP contribution in [0.2, 0.25) is 0 Å². The number of aromatic nitrogens is 4. The van der Waals surface area contributed by atoms with Crippen LogP contribution in [0.15, 0.2) is 34.9 Å². The zero-order valence-corrected chi connectivity index (χ0v) is 12.4. The average Bonchev–Trinajstić information content (AvgIpc) is 3.15. The zero-order chi connectivity index (χ0) is 15.4. The number of rotatable bonds is 4. The third-order valence-corrected chi connectivity index (χ3v) is 3.53. The van der Waals surface area contributed by atoms with Gasteiger partial charge in [-0.1, -0.05) is 46.8 Å². The minimum absolute atomic E-state index is 0.174. The molecule has 0 saturated heterocycles. The fraction of sp³-hybridized carbons (Fsp3) is 0.154. The lowest BCUT2D eigenvalue weighted by Crippen LogP contribution is -2.28. The summed E-state index contributed by atoms with van der Waals surface area (Å²) in [6, 6.07) is 9.23. The van der Waals surface area contributed by atoms with E-state index in [0.29, 0.717) is 16.8 Å². The summed E-state index contributed by atoms with van der Waals surface area (Å²) in [6.45, 7) is 1.86. The van der Waals surface area contributed by atoms with E-state index < -0.39 is 6.03 Å². The molecule has 1 aromatic carbocycles. The van der Waals surface area contributed by atoms with E-state index >= 15 is 0 Å². The number of hydrogen-bond acceptors (Lipinski definition) is 7. The lowest BCUT2D eigenvalue weighted by molar-refractivity contribution is 0.251. The van der Waals surface area contributed by atoms with Crippen LogP contribution in [0.4, 0.5) is 9.93 Å². The highest BCUT2D eigenvalue weighted by Gasteiger charge is 2.10. The molecule has 0 aliphatic rings. The fourth-order valence-corrected chi connectivity index (χ4v) is 2.43. The van der Waals surface area contributed by atoms with Crippen molar-refractivity contribution in [1.29, 1.82) is 0 Å². The summed E-state index contributed by atoms with van der Waals surface area (Å²) >= 11 is 1.30. The summed E-state index contributed by atoms with van der Waals surface area (Å²) in [5.41, 5.74) is 0.954. The molecule has 0 fully saturated rings. The molecule has 8 nitrogen and oxygen atoms in total. The van der Waals surface area contributed by atoms with Gasteiger partial charge in [-0.25, -0.2) is 4.79 Å². The van der Waals surface area contributed by atoms with Gasteiger partial charge in [0.2, 0.25) is 11.0 Å². The van der Waals surface area contributed by atoms with Gasteiger partial charge in [0.05, 0.1) is 6.54 Å². The summed E-state index contributed by atoms with van der Waals surface area (Å²) in [5, 5.41) is 18.1. The number of urea groups is 1. The molecule has 2 N–H and O–H groups in total. The van der Waals surface area contributed by atoms with Gasteiger partial charge in [0.25, 0.3) is 0 Å². The molecule has 3 rings (SSSR count). The summed E-state index contributed by atoms with van der Waals surface area (Å²) in [7, 11) is 0. The van der Waals surface area contributed by atoms with Crippen LogP contribution in [-0.2, 0) is 6.54 Å². The van der Waals surface area contributed by atoms with E-state index in [-0.39, 0.29) is 6.54 Å². The first-order valence-corrected chi connectivity index (χ1v) is 7.25. The molecule has 22 heavy (non-hydrogen) atoms. The van der Waals surface area contributed by atoms with Crippen molar-refractivity contribution in [3.8, 4) is 10.6 Å². The lowest BCUT2D eigenvalue weighted by atomic mass is 10.2. The number of aryl methyl sites for hydroxylation is 1. The first kappa shape index (κ1) is 14.1. The maximum Gasteiger partial charge on any atom is 0.321 e. The maximum atomic E-state index is 11.8. The second kappa shape index (κ2) is 6.31. The van der Waals surface area contributed by atoms with Crippen LogP contribution < -0.4 is 10.6 Å². The van der Waals surface area contributed by atoms with Crippen molar-refractivity contribution in [3.05, 3.63) is 42.0 Å². The lowest BCUT2D eigenvalue weighted by Gasteiger charge is -2.01. The Hall–Kier alpha value is -2.81. The molecule has 0 spiro atoms. The Bertz CT molecular complexity index is 770. The van der Waals surface area contributed by atoms with E-state index in [1.165, 1.54) is 11.3 Å². The van der Waals surface area contributed by atoms with Crippen LogP contribution in [0.5, 0.6) is 0 Å². The SMILES string of the molecule is Cc1nc(CNC(=O)Nc2nnc(-c3ccccc3)s2)no1. The molecular formula is C13H12N6O2S. The summed E-state index contributed by atoms with van der Waals surface area (Å²) in [6.07, 6.45) is 0. The Labute approximate surface area is 129 Å². The number of nitrogens with zero attached hydrogens (tertiary/aromatic N) is 4. The van der Waals surface area contributed by atoms with Crippen molar-refractivity contribution in [2.75, 3.05) is 5.32 Å². The first-order valence-electron chi connectivity index (χ1n) is 6.43. The highest BCUT2D eigenvalue weighted by molar-refractivity contribution is 7.18. The number of nitrogens with one attached hydrogen (secondary N) is 2. The van der Waals surface area contributed by atoms with Crippen molar-refractivity contribution in [1.82, 2.24) is 25.7 Å². The van der Waals surface area contributed by atoms with E-state index in [4.69, 9.17) is 4.52 Å². The van der Waals surface area contributed by atoms with E-state index in [1.54, 1.807) is 6.92 Å². The van der Waals surface area contributed by atoms with E-state index in [9.17, 15) is 4.79 Å². The highest BCUT2D eigenvalue weighted by Crippen LogP contribution is 2.25. The Morgan fingerprint density at radius 3 is 2.82 bits per heavy atom. The topological polar surface area (TPSA) is 106 Å². The quantitative estimate of drug-likeness (QED) is 0.764. The molecule has 0 atom stereocenters. The highest BCUT2D eigenvalue weighted by atomic mass is 32.1. The second-order valence-corrected chi connectivity index (χ2v) is 5.29. The molecule has 0 aliphatic carbocycles. The third-order valence-electron chi connectivity index (χ3n) is 2.64. The van der Waals surface area contributed by atoms with Crippen LogP contribution in [0.3, 0.4) is 0 Å². The van der Waals surface area contributed by atoms with E-state index in [1.807, 2.05) is 30.3 Å². The standard InChI is InChI=1S/C13H12N6O2S/c1-8-15-10(19-21-8)7-14-12(20)16-13-18-17-11(22-13)9-5-3-2-4-6-9/h2-6H,7H2,1H3,(H2,14,16,18,20). The molecule has 9 heteroatoms. The molecule has 0 radical (unpaired) electrons. The van der Waals surface area contributed by atoms with Gasteiger partial charge in [0.1, 0.15) is 5.01 Å². The van der Waals surface area contributed by atoms with Gasteiger partial charge in [-0.15, -0.1) is 10.2 Å². The van der Waals surface area contributed by atoms with Gasteiger partial charge in [0, 0.05) is 12.5 Å². The van der Waals surface area contributed by atoms with E-state index in [0.717, 1.165) is 10.6 Å². The molecule has 0 saturated carbocycles. The molecule has 112 valence electrons. The third kappa shape index (κ3) is 3.44. The van der Waals surface area contributed by atoms with Gasteiger partial charge in [-0.2, -0.15) is 4.98 Å². The predicted molar refractivity (Wildman–Crippen MR) is 80.2 cm³/mol. The number of carbonyl (C=O) groups excluding carboxylic acids is 1. The first-order chi connectivity index (χ1) is 10.7. The van der Waals surface area contributed by atoms with Gasteiger partial charge >= 0.3 is 6.03 Å². The number of amides is 2. The molecular weight excluding hydrogens is 304 g/mol. The molecule has 3 aromatic rings.